The second-order valence-electron chi connectivity index (χ2n) is 2.52. The molecule has 2 aromatic heterocycles. The summed E-state index contributed by atoms with van der Waals surface area (Å²) in [6, 6.07) is 0. The van der Waals surface area contributed by atoms with Crippen molar-refractivity contribution in [3.63, 3.8) is 0 Å². The maximum absolute atomic E-state index is 10.9. The Kier molecular flexibility index (Phi) is 1.73. The van der Waals surface area contributed by atoms with Crippen molar-refractivity contribution in [2.45, 2.75) is 0 Å². The summed E-state index contributed by atoms with van der Waals surface area (Å²) in [6.45, 7) is 0. The van der Waals surface area contributed by atoms with Crippen LogP contribution in [0.3, 0.4) is 0 Å². The predicted octanol–water partition coefficient (Wildman–Crippen LogP) is 0.742. The molecule has 0 unspecified atom stereocenters. The first-order valence-corrected chi connectivity index (χ1v) is 3.90. The normalized spacial score (nSPS) is 10.6. The van der Waals surface area contributed by atoms with E-state index in [0.717, 1.165) is 0 Å². The summed E-state index contributed by atoms with van der Waals surface area (Å²) < 4.78 is 1.66. The number of hydrogen-bond donors (Lipinski definition) is 0. The summed E-state index contributed by atoms with van der Waals surface area (Å²) in [7, 11) is 1.75. The summed E-state index contributed by atoms with van der Waals surface area (Å²) in [4.78, 5) is 22.6. The molecule has 0 aliphatic rings. The van der Waals surface area contributed by atoms with E-state index >= 15 is 0 Å². The molecule has 0 aliphatic heterocycles. The summed E-state index contributed by atoms with van der Waals surface area (Å²) in [6.07, 6.45) is 2.83. The van der Waals surface area contributed by atoms with E-state index in [0.29, 0.717) is 11.2 Å². The van der Waals surface area contributed by atoms with E-state index in [-0.39, 0.29) is 5.69 Å². The average Bonchev–Trinajstić information content (AvgIpc) is 2.48. The zero-order valence-electron chi connectivity index (χ0n) is 6.73. The van der Waals surface area contributed by atoms with E-state index in [1.54, 1.807) is 17.9 Å². The van der Waals surface area contributed by atoms with Crippen molar-refractivity contribution in [2.24, 2.45) is 7.05 Å². The molecule has 0 spiro atoms. The largest absolute Gasteiger partial charge is 0.330 e. The number of fused-ring (bicyclic) bond motifs is 1. The number of rotatable bonds is 1. The first-order valence-electron chi connectivity index (χ1n) is 3.52. The lowest BCUT2D eigenvalue weighted by Gasteiger charge is -1.96. The molecular formula is C7H5ClN4O. The summed E-state index contributed by atoms with van der Waals surface area (Å²) in [5, 5.41) is -0.601. The molecule has 0 saturated carbocycles. The smallest absolute Gasteiger partial charge is 0.273 e. The van der Waals surface area contributed by atoms with Crippen LogP contribution in [-0.4, -0.2) is 24.8 Å². The van der Waals surface area contributed by atoms with Crippen molar-refractivity contribution in [2.75, 3.05) is 0 Å². The fourth-order valence-electron chi connectivity index (χ4n) is 1.13. The number of aromatic nitrogens is 4. The van der Waals surface area contributed by atoms with Crippen LogP contribution in [0, 0.1) is 0 Å². The van der Waals surface area contributed by atoms with E-state index in [9.17, 15) is 4.79 Å². The van der Waals surface area contributed by atoms with E-state index in [1.807, 2.05) is 0 Å². The molecule has 0 atom stereocenters. The van der Waals surface area contributed by atoms with E-state index in [1.165, 1.54) is 6.33 Å². The molecule has 0 N–H and O–H groups in total. The number of carbonyl (C=O) groups is 1. The highest BCUT2D eigenvalue weighted by atomic mass is 35.5. The van der Waals surface area contributed by atoms with Crippen LogP contribution in [0.5, 0.6) is 0 Å². The van der Waals surface area contributed by atoms with Gasteiger partial charge in [-0.3, -0.25) is 4.79 Å². The van der Waals surface area contributed by atoms with Gasteiger partial charge in [0.2, 0.25) is 0 Å². The van der Waals surface area contributed by atoms with Gasteiger partial charge in [0.25, 0.3) is 5.24 Å². The Bertz CT molecular complexity index is 478. The number of carbonyl (C=O) groups excluding carboxylic acids is 1. The Morgan fingerprint density at radius 1 is 1.46 bits per heavy atom. The third-order valence-electron chi connectivity index (χ3n) is 1.70. The van der Waals surface area contributed by atoms with Crippen molar-refractivity contribution < 1.29 is 4.79 Å². The number of imidazole rings is 1. The zero-order chi connectivity index (χ0) is 9.42. The Labute approximate surface area is 78.4 Å². The van der Waals surface area contributed by atoms with Gasteiger partial charge in [-0.1, -0.05) is 0 Å². The molecule has 2 heterocycles. The molecule has 5 nitrogen and oxygen atoms in total. The average molecular weight is 197 g/mol. The van der Waals surface area contributed by atoms with Gasteiger partial charge in [-0.25, -0.2) is 15.0 Å². The molecule has 2 aromatic rings. The van der Waals surface area contributed by atoms with Crippen LogP contribution >= 0.6 is 11.6 Å². The molecule has 0 radical (unpaired) electrons. The topological polar surface area (TPSA) is 60.7 Å². The Morgan fingerprint density at radius 2 is 2.23 bits per heavy atom. The number of nitrogens with zero attached hydrogens (tertiary/aromatic N) is 4. The van der Waals surface area contributed by atoms with Crippen molar-refractivity contribution in [3.05, 3.63) is 18.3 Å². The fourth-order valence-corrected chi connectivity index (χ4v) is 1.27. The second kappa shape index (κ2) is 2.77. The Balaban J connectivity index is 2.88. The van der Waals surface area contributed by atoms with Crippen LogP contribution in [0.4, 0.5) is 0 Å². The van der Waals surface area contributed by atoms with Gasteiger partial charge >= 0.3 is 0 Å². The van der Waals surface area contributed by atoms with Crippen LogP contribution in [-0.2, 0) is 7.05 Å². The van der Waals surface area contributed by atoms with Crippen molar-refractivity contribution in [1.29, 1.82) is 0 Å². The Hall–Kier alpha value is -1.49. The van der Waals surface area contributed by atoms with Crippen LogP contribution < -0.4 is 0 Å². The number of hydrogen-bond acceptors (Lipinski definition) is 4. The van der Waals surface area contributed by atoms with Gasteiger partial charge < -0.3 is 4.57 Å². The summed E-state index contributed by atoms with van der Waals surface area (Å²) >= 11 is 5.34. The quantitative estimate of drug-likeness (QED) is 0.632. The lowest BCUT2D eigenvalue weighted by molar-refractivity contribution is 0.107. The van der Waals surface area contributed by atoms with Gasteiger partial charge in [0.05, 0.1) is 6.33 Å². The molecule has 0 amide bonds. The Morgan fingerprint density at radius 3 is 2.92 bits per heavy atom. The molecule has 0 saturated heterocycles. The number of halogens is 1. The molecule has 0 fully saturated rings. The SMILES string of the molecule is Cn1cnc2ncnc(C(=O)Cl)c21. The first-order chi connectivity index (χ1) is 6.20. The molecule has 0 aromatic carbocycles. The molecule has 66 valence electrons. The van der Waals surface area contributed by atoms with Gasteiger partial charge in [0.1, 0.15) is 11.8 Å². The lowest BCUT2D eigenvalue weighted by atomic mass is 10.4. The highest BCUT2D eigenvalue weighted by Crippen LogP contribution is 2.13. The van der Waals surface area contributed by atoms with Gasteiger partial charge in [-0.2, -0.15) is 0 Å². The highest BCUT2D eigenvalue weighted by molar-refractivity contribution is 6.68. The van der Waals surface area contributed by atoms with Gasteiger partial charge in [-0.15, -0.1) is 0 Å². The van der Waals surface area contributed by atoms with Gasteiger partial charge in [-0.05, 0) is 11.6 Å². The fraction of sp³-hybridized carbons (Fsp3) is 0.143. The highest BCUT2D eigenvalue weighted by Gasteiger charge is 2.13. The van der Waals surface area contributed by atoms with Crippen LogP contribution in [0.2, 0.25) is 0 Å². The molecule has 13 heavy (non-hydrogen) atoms. The number of aryl methyl sites for hydroxylation is 1. The van der Waals surface area contributed by atoms with Crippen molar-refractivity contribution in [1.82, 2.24) is 19.5 Å². The van der Waals surface area contributed by atoms with Crippen LogP contribution in [0.1, 0.15) is 10.5 Å². The first kappa shape index (κ1) is 8.12. The van der Waals surface area contributed by atoms with E-state index in [2.05, 4.69) is 15.0 Å². The standard InChI is InChI=1S/C7H5ClN4O/c1-12-3-11-7-5(12)4(6(8)13)9-2-10-7/h2-3H,1H3. The zero-order valence-corrected chi connectivity index (χ0v) is 7.49. The second-order valence-corrected chi connectivity index (χ2v) is 2.87. The third kappa shape index (κ3) is 1.17. The van der Waals surface area contributed by atoms with Crippen LogP contribution in [0.25, 0.3) is 11.2 Å². The van der Waals surface area contributed by atoms with E-state index in [4.69, 9.17) is 11.6 Å². The predicted molar refractivity (Wildman–Crippen MR) is 46.5 cm³/mol. The lowest BCUT2D eigenvalue weighted by Crippen LogP contribution is -1.99. The van der Waals surface area contributed by atoms with Gasteiger partial charge in [0, 0.05) is 7.05 Å². The van der Waals surface area contributed by atoms with Gasteiger partial charge in [0.15, 0.2) is 11.3 Å². The monoisotopic (exact) mass is 196 g/mol. The molecular weight excluding hydrogens is 192 g/mol. The minimum absolute atomic E-state index is 0.187. The molecule has 2 rings (SSSR count). The van der Waals surface area contributed by atoms with Crippen molar-refractivity contribution in [3.8, 4) is 0 Å². The summed E-state index contributed by atoms with van der Waals surface area (Å²) in [5.41, 5.74) is 1.22. The van der Waals surface area contributed by atoms with E-state index < -0.39 is 5.24 Å². The van der Waals surface area contributed by atoms with Crippen molar-refractivity contribution >= 4 is 28.0 Å². The molecule has 6 heteroatoms. The van der Waals surface area contributed by atoms with Crippen LogP contribution in [0.15, 0.2) is 12.7 Å². The maximum Gasteiger partial charge on any atom is 0.273 e. The summed E-state index contributed by atoms with van der Waals surface area (Å²) in [5.74, 6) is 0. The maximum atomic E-state index is 10.9. The third-order valence-corrected chi connectivity index (χ3v) is 1.87. The molecule has 0 aliphatic carbocycles. The molecule has 0 bridgehead atoms. The minimum atomic E-state index is -0.601. The minimum Gasteiger partial charge on any atom is -0.330 e.